The van der Waals surface area contributed by atoms with Gasteiger partial charge in [0.15, 0.2) is 6.29 Å². The normalized spacial score (nSPS) is 23.3. The number of aryl methyl sites for hydroxylation is 4. The van der Waals surface area contributed by atoms with Gasteiger partial charge in [0.05, 0.1) is 52.9 Å². The lowest BCUT2D eigenvalue weighted by Gasteiger charge is -2.46. The van der Waals surface area contributed by atoms with Crippen LogP contribution in [-0.4, -0.2) is 81.7 Å². The van der Waals surface area contributed by atoms with E-state index in [9.17, 15) is 0 Å². The molecule has 7 aromatic rings. The smallest absolute Gasteiger partial charge is 0.220 e. The van der Waals surface area contributed by atoms with Crippen molar-refractivity contribution in [3.63, 3.8) is 0 Å². The summed E-state index contributed by atoms with van der Waals surface area (Å²) in [5.74, 6) is 0. The molecule has 0 aromatic heterocycles. The third-order valence-corrected chi connectivity index (χ3v) is 13.9. The lowest BCUT2D eigenvalue weighted by molar-refractivity contribution is -0.443. The average Bonchev–Trinajstić information content (AvgIpc) is 3.53. The molecule has 0 saturated carbocycles. The van der Waals surface area contributed by atoms with E-state index in [1.807, 2.05) is 121 Å². The number of ether oxygens (including phenoxy) is 10. The maximum Gasteiger partial charge on any atom is 0.220 e. The summed E-state index contributed by atoms with van der Waals surface area (Å²) < 4.78 is 67.9. The Kier molecular flexibility index (Phi) is 21.3. The van der Waals surface area contributed by atoms with Crippen molar-refractivity contribution >= 4 is 0 Å². The van der Waals surface area contributed by atoms with E-state index in [1.54, 1.807) is 7.11 Å². The number of methoxy groups -OCH3 is 1. The Hall–Kier alpha value is -5.94. The molecule has 9 rings (SSSR count). The second-order valence-electron chi connectivity index (χ2n) is 20.3. The summed E-state index contributed by atoms with van der Waals surface area (Å²) in [7, 11) is 1.60. The van der Waals surface area contributed by atoms with Gasteiger partial charge in [-0.2, -0.15) is 0 Å². The first-order chi connectivity index (χ1) is 38.2. The standard InChI is InChI=1S/C66H74O12/c1-46-19-15-29-53(33-46)37-68-44-57-59(70-41-54-30-16-20-47(2)34-54)62(72-42-55-31-17-21-48(3)35-55)64(74-43-56-32-18-22-49(4)36-56)66(77-57)78-75-45-58-60(69-38-50-23-9-6-10-24-50)61(71-39-51-25-11-7-12-26-51)63(65(67-5)76-58)73-40-52-27-13-8-14-28-52/h6-36,57-66H,37-45H2,1-5H3/t57-,58-,59-,60-,61+,62+,63-,64+,65+,66?/m1/s1. The molecule has 2 fully saturated rings. The van der Waals surface area contributed by atoms with E-state index in [0.717, 1.165) is 61.2 Å². The van der Waals surface area contributed by atoms with Crippen LogP contribution in [0.5, 0.6) is 0 Å². The highest BCUT2D eigenvalue weighted by Gasteiger charge is 2.52. The Morgan fingerprint density at radius 3 is 1.04 bits per heavy atom. The second-order valence-corrected chi connectivity index (χ2v) is 20.3. The third-order valence-electron chi connectivity index (χ3n) is 13.9. The molecule has 0 aliphatic carbocycles. The molecule has 2 aliphatic heterocycles. The van der Waals surface area contributed by atoms with Gasteiger partial charge in [-0.3, -0.25) is 0 Å². The SMILES string of the molecule is CO[C@H]1O[C@H](COOC2O[C@H](COCc3cccc(C)c3)[C@@H](OCc3cccc(C)c3)[C@H](OCc3cccc(C)c3)[C@@H]2OCc2cccc(C)c2)[C@@H](OCc2ccccc2)[C@H](OCc2ccccc2)[C@H]1OCc1ccccc1. The quantitative estimate of drug-likeness (QED) is 0.0361. The molecule has 2 heterocycles. The van der Waals surface area contributed by atoms with Crippen LogP contribution in [0.15, 0.2) is 188 Å². The fourth-order valence-corrected chi connectivity index (χ4v) is 9.98. The summed E-state index contributed by atoms with van der Waals surface area (Å²) in [4.78, 5) is 12.9. The monoisotopic (exact) mass is 1060 g/mol. The summed E-state index contributed by atoms with van der Waals surface area (Å²) in [6.45, 7) is 10.2. The summed E-state index contributed by atoms with van der Waals surface area (Å²) in [6, 6.07) is 63.0. The van der Waals surface area contributed by atoms with Gasteiger partial charge in [0.1, 0.15) is 55.4 Å². The Bertz CT molecular complexity index is 2850. The summed E-state index contributed by atoms with van der Waals surface area (Å²) in [6.07, 6.45) is -7.99. The van der Waals surface area contributed by atoms with Gasteiger partial charge in [0.25, 0.3) is 0 Å². The van der Waals surface area contributed by atoms with Gasteiger partial charge in [0, 0.05) is 7.11 Å². The molecule has 0 N–H and O–H groups in total. The molecule has 0 radical (unpaired) electrons. The van der Waals surface area contributed by atoms with Crippen LogP contribution in [0.3, 0.4) is 0 Å². The molecule has 12 heteroatoms. The van der Waals surface area contributed by atoms with E-state index in [2.05, 4.69) is 94.4 Å². The molecule has 2 saturated heterocycles. The first kappa shape index (κ1) is 56.8. The predicted molar refractivity (Wildman–Crippen MR) is 297 cm³/mol. The number of rotatable bonds is 27. The van der Waals surface area contributed by atoms with Gasteiger partial charge in [-0.25, -0.2) is 9.78 Å². The minimum atomic E-state index is -1.15. The molecule has 2 aliphatic rings. The van der Waals surface area contributed by atoms with Crippen LogP contribution >= 0.6 is 0 Å². The van der Waals surface area contributed by atoms with Crippen LogP contribution in [0.2, 0.25) is 0 Å². The fraction of sp³-hybridized carbons (Fsp3) is 0.364. The van der Waals surface area contributed by atoms with E-state index in [1.165, 1.54) is 0 Å². The Labute approximate surface area is 460 Å². The average molecular weight is 1060 g/mol. The zero-order chi connectivity index (χ0) is 53.9. The van der Waals surface area contributed by atoms with E-state index in [-0.39, 0.29) is 52.9 Å². The van der Waals surface area contributed by atoms with Gasteiger partial charge >= 0.3 is 0 Å². The zero-order valence-corrected chi connectivity index (χ0v) is 45.4. The predicted octanol–water partition coefficient (Wildman–Crippen LogP) is 12.0. The van der Waals surface area contributed by atoms with Crippen LogP contribution in [0, 0.1) is 27.7 Å². The van der Waals surface area contributed by atoms with Crippen molar-refractivity contribution < 1.29 is 57.1 Å². The van der Waals surface area contributed by atoms with Crippen molar-refractivity contribution in [3.8, 4) is 0 Å². The van der Waals surface area contributed by atoms with Crippen LogP contribution in [-0.2, 0) is 103 Å². The lowest BCUT2D eigenvalue weighted by Crippen LogP contribution is -2.62. The molecule has 410 valence electrons. The van der Waals surface area contributed by atoms with E-state index < -0.39 is 61.4 Å². The Morgan fingerprint density at radius 1 is 0.321 bits per heavy atom. The van der Waals surface area contributed by atoms with Crippen LogP contribution in [0.1, 0.15) is 61.2 Å². The van der Waals surface area contributed by atoms with Crippen molar-refractivity contribution in [3.05, 3.63) is 249 Å². The minimum absolute atomic E-state index is 0.128. The van der Waals surface area contributed by atoms with E-state index in [0.29, 0.717) is 6.61 Å². The number of benzene rings is 7. The lowest BCUT2D eigenvalue weighted by atomic mass is 9.97. The minimum Gasteiger partial charge on any atom is -0.374 e. The van der Waals surface area contributed by atoms with E-state index in [4.69, 9.17) is 57.1 Å². The van der Waals surface area contributed by atoms with Crippen molar-refractivity contribution in [1.29, 1.82) is 0 Å². The van der Waals surface area contributed by atoms with Crippen molar-refractivity contribution in [2.45, 2.75) is 135 Å². The van der Waals surface area contributed by atoms with E-state index >= 15 is 0 Å². The van der Waals surface area contributed by atoms with Gasteiger partial charge in [-0.1, -0.05) is 210 Å². The number of hydrogen-bond donors (Lipinski definition) is 0. The van der Waals surface area contributed by atoms with Crippen LogP contribution in [0.4, 0.5) is 0 Å². The highest BCUT2D eigenvalue weighted by Crippen LogP contribution is 2.35. The first-order valence-corrected chi connectivity index (χ1v) is 27.0. The molecule has 7 aromatic carbocycles. The van der Waals surface area contributed by atoms with Gasteiger partial charge in [0.2, 0.25) is 6.29 Å². The molecule has 10 atom stereocenters. The van der Waals surface area contributed by atoms with Gasteiger partial charge in [-0.05, 0) is 66.6 Å². The highest BCUT2D eigenvalue weighted by atomic mass is 17.2. The molecule has 12 nitrogen and oxygen atoms in total. The second kappa shape index (κ2) is 29.3. The van der Waals surface area contributed by atoms with Crippen molar-refractivity contribution in [2.75, 3.05) is 20.3 Å². The maximum atomic E-state index is 7.06. The molecular weight excluding hydrogens is 985 g/mol. The fourth-order valence-electron chi connectivity index (χ4n) is 9.98. The van der Waals surface area contributed by atoms with Gasteiger partial charge < -0.3 is 47.4 Å². The highest BCUT2D eigenvalue weighted by molar-refractivity contribution is 5.25. The molecule has 1 unspecified atom stereocenters. The van der Waals surface area contributed by atoms with Gasteiger partial charge in [-0.15, -0.1) is 0 Å². The Balaban J connectivity index is 1.03. The van der Waals surface area contributed by atoms with Crippen LogP contribution in [0.25, 0.3) is 0 Å². The first-order valence-electron chi connectivity index (χ1n) is 27.0. The number of hydrogen-bond acceptors (Lipinski definition) is 12. The molecular formula is C66H74O12. The van der Waals surface area contributed by atoms with Crippen molar-refractivity contribution in [2.24, 2.45) is 0 Å². The van der Waals surface area contributed by atoms with Crippen LogP contribution < -0.4 is 0 Å². The summed E-state index contributed by atoms with van der Waals surface area (Å²) in [5, 5.41) is 0. The molecule has 0 bridgehead atoms. The maximum absolute atomic E-state index is 7.06. The summed E-state index contributed by atoms with van der Waals surface area (Å²) >= 11 is 0. The topological polar surface area (TPSA) is 111 Å². The third kappa shape index (κ3) is 16.6. The molecule has 0 spiro atoms. The Morgan fingerprint density at radius 2 is 0.641 bits per heavy atom. The van der Waals surface area contributed by atoms with Crippen molar-refractivity contribution in [1.82, 2.24) is 0 Å². The zero-order valence-electron chi connectivity index (χ0n) is 45.4. The molecule has 0 amide bonds. The molecule has 78 heavy (non-hydrogen) atoms. The largest absolute Gasteiger partial charge is 0.374 e. The summed E-state index contributed by atoms with van der Waals surface area (Å²) in [5.41, 5.74) is 11.5.